The molecule has 0 aromatic carbocycles. The molecule has 2 aromatic heterocycles. The van der Waals surface area contributed by atoms with Gasteiger partial charge in [0.25, 0.3) is 5.56 Å². The summed E-state index contributed by atoms with van der Waals surface area (Å²) < 4.78 is 27.5. The lowest BCUT2D eigenvalue weighted by Gasteiger charge is -2.28. The van der Waals surface area contributed by atoms with Crippen molar-refractivity contribution < 1.29 is 8.78 Å². The van der Waals surface area contributed by atoms with Crippen LogP contribution in [-0.2, 0) is 0 Å². The Kier molecular flexibility index (Phi) is 2.42. The van der Waals surface area contributed by atoms with Gasteiger partial charge in [0.2, 0.25) is 5.92 Å². The Bertz CT molecular complexity index is 623. The molecule has 0 atom stereocenters. The van der Waals surface area contributed by atoms with Crippen LogP contribution in [0, 0.1) is 0 Å². The van der Waals surface area contributed by atoms with E-state index in [2.05, 4.69) is 15.3 Å². The number of nitrogens with one attached hydrogen (secondary N) is 1. The minimum atomic E-state index is -2.60. The number of H-pyrrole nitrogens is 1. The second kappa shape index (κ2) is 3.86. The number of aromatic amines is 1. The van der Waals surface area contributed by atoms with E-state index in [0.717, 1.165) is 0 Å². The highest BCUT2D eigenvalue weighted by molar-refractivity contribution is 5.75. The fraction of sp³-hybridized carbons (Fsp3) is 0.545. The van der Waals surface area contributed by atoms with Crippen molar-refractivity contribution in [3.63, 3.8) is 0 Å². The molecule has 0 aliphatic heterocycles. The molecule has 0 spiro atoms. The van der Waals surface area contributed by atoms with Crippen molar-refractivity contribution in [3.05, 3.63) is 22.7 Å². The molecule has 0 bridgehead atoms. The van der Waals surface area contributed by atoms with Crippen molar-refractivity contribution >= 4 is 10.9 Å². The number of hydrogen-bond acceptors (Lipinski definition) is 3. The fourth-order valence-electron chi connectivity index (χ4n) is 2.39. The van der Waals surface area contributed by atoms with Gasteiger partial charge in [0.15, 0.2) is 0 Å². The highest BCUT2D eigenvalue weighted by atomic mass is 19.3. The molecule has 18 heavy (non-hydrogen) atoms. The molecule has 1 aliphatic carbocycles. The molecular weight excluding hydrogens is 242 g/mol. The smallest absolute Gasteiger partial charge is 0.276 e. The van der Waals surface area contributed by atoms with Gasteiger partial charge < -0.3 is 0 Å². The third-order valence-electron chi connectivity index (χ3n) is 3.45. The van der Waals surface area contributed by atoms with Gasteiger partial charge in [0.1, 0.15) is 0 Å². The van der Waals surface area contributed by atoms with Crippen molar-refractivity contribution in [1.82, 2.24) is 20.0 Å². The third-order valence-corrected chi connectivity index (χ3v) is 3.45. The zero-order valence-electron chi connectivity index (χ0n) is 9.57. The summed E-state index contributed by atoms with van der Waals surface area (Å²) in [5, 5.41) is 10.9. The summed E-state index contributed by atoms with van der Waals surface area (Å²) in [5.74, 6) is -2.60. The minimum Gasteiger partial charge on any atom is -0.276 e. The predicted molar refractivity (Wildman–Crippen MR) is 60.6 cm³/mol. The first kappa shape index (κ1) is 11.3. The number of fused-ring (bicyclic) bond motifs is 1. The molecule has 0 unspecified atom stereocenters. The monoisotopic (exact) mass is 254 g/mol. The van der Waals surface area contributed by atoms with Crippen molar-refractivity contribution in [1.29, 1.82) is 0 Å². The zero-order valence-corrected chi connectivity index (χ0v) is 9.57. The van der Waals surface area contributed by atoms with Crippen LogP contribution in [0.15, 0.2) is 17.2 Å². The van der Waals surface area contributed by atoms with Crippen molar-refractivity contribution in [2.75, 3.05) is 0 Å². The molecule has 3 rings (SSSR count). The molecule has 1 aliphatic rings. The van der Waals surface area contributed by atoms with Crippen LogP contribution in [-0.4, -0.2) is 25.9 Å². The average Bonchev–Trinajstić information content (AvgIpc) is 2.79. The first-order valence-electron chi connectivity index (χ1n) is 5.85. The summed E-state index contributed by atoms with van der Waals surface area (Å²) in [5.41, 5.74) is 0.300. The number of aromatic nitrogens is 4. The molecule has 1 N–H and O–H groups in total. The molecule has 1 fully saturated rings. The second-order valence-electron chi connectivity index (χ2n) is 4.68. The molecule has 2 aromatic rings. The maximum Gasteiger partial charge on any atom is 0.278 e. The molecular formula is C11H12F2N4O. The van der Waals surface area contributed by atoms with Gasteiger partial charge in [0.05, 0.1) is 29.3 Å². The molecule has 1 saturated carbocycles. The summed E-state index contributed by atoms with van der Waals surface area (Å²) in [6.45, 7) is 0. The summed E-state index contributed by atoms with van der Waals surface area (Å²) in [6, 6.07) is -0.239. The lowest BCUT2D eigenvalue weighted by atomic mass is 9.92. The summed E-state index contributed by atoms with van der Waals surface area (Å²) in [6.07, 6.45) is 3.14. The van der Waals surface area contributed by atoms with Gasteiger partial charge in [-0.05, 0) is 12.8 Å². The number of hydrogen-bond donors (Lipinski definition) is 1. The van der Waals surface area contributed by atoms with E-state index in [9.17, 15) is 13.6 Å². The predicted octanol–water partition coefficient (Wildman–Crippen LogP) is 1.87. The van der Waals surface area contributed by atoms with Crippen LogP contribution >= 0.6 is 0 Å². The zero-order chi connectivity index (χ0) is 12.8. The molecule has 7 heteroatoms. The molecule has 96 valence electrons. The standard InChI is InChI=1S/C11H12F2N4O/c12-11(13)3-1-7(2-4-11)17-10(18)8-5-14-16-9(8)6-15-17/h5-7H,1-4H2,(H,14,16). The maximum absolute atomic E-state index is 13.1. The van der Waals surface area contributed by atoms with E-state index in [1.165, 1.54) is 17.1 Å². The maximum atomic E-state index is 13.1. The first-order valence-corrected chi connectivity index (χ1v) is 5.85. The van der Waals surface area contributed by atoms with Crippen LogP contribution in [0.2, 0.25) is 0 Å². The highest BCUT2D eigenvalue weighted by Crippen LogP contribution is 2.37. The molecule has 0 radical (unpaired) electrons. The number of rotatable bonds is 1. The van der Waals surface area contributed by atoms with E-state index in [0.29, 0.717) is 10.9 Å². The SMILES string of the molecule is O=c1c2cn[nH]c2cnn1C1CCC(F)(F)CC1. The average molecular weight is 254 g/mol. The first-order chi connectivity index (χ1) is 8.57. The van der Waals surface area contributed by atoms with Crippen LogP contribution in [0.5, 0.6) is 0 Å². The van der Waals surface area contributed by atoms with E-state index in [-0.39, 0.29) is 37.3 Å². The third kappa shape index (κ3) is 1.79. The van der Waals surface area contributed by atoms with Gasteiger partial charge in [-0.15, -0.1) is 0 Å². The van der Waals surface area contributed by atoms with E-state index < -0.39 is 5.92 Å². The van der Waals surface area contributed by atoms with Gasteiger partial charge in [0, 0.05) is 12.8 Å². The van der Waals surface area contributed by atoms with E-state index in [1.807, 2.05) is 0 Å². The Hall–Kier alpha value is -1.79. The number of nitrogens with zero attached hydrogens (tertiary/aromatic N) is 3. The second-order valence-corrected chi connectivity index (χ2v) is 4.68. The Morgan fingerprint density at radius 2 is 2.06 bits per heavy atom. The normalized spacial score (nSPS) is 20.3. The van der Waals surface area contributed by atoms with Crippen molar-refractivity contribution in [3.8, 4) is 0 Å². The lowest BCUT2D eigenvalue weighted by molar-refractivity contribution is -0.0453. The van der Waals surface area contributed by atoms with Crippen LogP contribution in [0.4, 0.5) is 8.78 Å². The van der Waals surface area contributed by atoms with E-state index in [1.54, 1.807) is 0 Å². The van der Waals surface area contributed by atoms with Crippen molar-refractivity contribution in [2.24, 2.45) is 0 Å². The Balaban J connectivity index is 1.95. The summed E-state index contributed by atoms with van der Waals surface area (Å²) in [7, 11) is 0. The van der Waals surface area contributed by atoms with E-state index in [4.69, 9.17) is 0 Å². The number of alkyl halides is 2. The van der Waals surface area contributed by atoms with Gasteiger partial charge in [-0.2, -0.15) is 10.2 Å². The molecule has 0 amide bonds. The Morgan fingerprint density at radius 3 is 2.78 bits per heavy atom. The van der Waals surface area contributed by atoms with Gasteiger partial charge in [-0.1, -0.05) is 0 Å². The quantitative estimate of drug-likeness (QED) is 0.845. The minimum absolute atomic E-state index is 0.185. The van der Waals surface area contributed by atoms with Crippen LogP contribution < -0.4 is 5.56 Å². The number of halogens is 2. The van der Waals surface area contributed by atoms with Crippen LogP contribution in [0.1, 0.15) is 31.7 Å². The Labute approximate surface area is 101 Å². The van der Waals surface area contributed by atoms with Crippen LogP contribution in [0.3, 0.4) is 0 Å². The van der Waals surface area contributed by atoms with Gasteiger partial charge in [-0.25, -0.2) is 13.5 Å². The topological polar surface area (TPSA) is 63.6 Å². The highest BCUT2D eigenvalue weighted by Gasteiger charge is 2.36. The lowest BCUT2D eigenvalue weighted by Crippen LogP contribution is -2.33. The summed E-state index contributed by atoms with van der Waals surface area (Å²) in [4.78, 5) is 12.1. The fourth-order valence-corrected chi connectivity index (χ4v) is 2.39. The van der Waals surface area contributed by atoms with Gasteiger partial charge >= 0.3 is 0 Å². The Morgan fingerprint density at radius 1 is 1.33 bits per heavy atom. The van der Waals surface area contributed by atoms with E-state index >= 15 is 0 Å². The summed E-state index contributed by atoms with van der Waals surface area (Å²) >= 11 is 0. The largest absolute Gasteiger partial charge is 0.278 e. The van der Waals surface area contributed by atoms with Crippen LogP contribution in [0.25, 0.3) is 10.9 Å². The molecule has 0 saturated heterocycles. The molecule has 5 nitrogen and oxygen atoms in total. The molecule has 2 heterocycles. The van der Waals surface area contributed by atoms with Gasteiger partial charge in [-0.3, -0.25) is 9.89 Å². The van der Waals surface area contributed by atoms with Crippen molar-refractivity contribution in [2.45, 2.75) is 37.6 Å².